The van der Waals surface area contributed by atoms with Gasteiger partial charge in [0.05, 0.1) is 12.3 Å². The molecule has 0 bridgehead atoms. The number of methoxy groups -OCH3 is 1. The summed E-state index contributed by atoms with van der Waals surface area (Å²) in [6.45, 7) is 4.16. The Hall–Kier alpha value is -1.42. The number of rotatable bonds is 5. The first-order chi connectivity index (χ1) is 7.58. The van der Waals surface area contributed by atoms with Crippen LogP contribution in [0.25, 0.3) is 0 Å². The van der Waals surface area contributed by atoms with E-state index < -0.39 is 5.82 Å². The molecule has 3 nitrogen and oxygen atoms in total. The molecule has 1 N–H and O–H groups in total. The van der Waals surface area contributed by atoms with Crippen molar-refractivity contribution in [2.45, 2.75) is 19.9 Å². The van der Waals surface area contributed by atoms with Crippen molar-refractivity contribution in [2.24, 2.45) is 0 Å². The molecular formula is C12H16FNO2. The zero-order chi connectivity index (χ0) is 12.1. The van der Waals surface area contributed by atoms with E-state index in [1.807, 2.05) is 6.92 Å². The lowest BCUT2D eigenvalue weighted by atomic mass is 10.1. The van der Waals surface area contributed by atoms with E-state index in [2.05, 4.69) is 5.32 Å². The molecule has 0 aliphatic heterocycles. The van der Waals surface area contributed by atoms with Gasteiger partial charge in [-0.05, 0) is 31.5 Å². The number of hydrogen-bond donors (Lipinski definition) is 1. The second kappa shape index (κ2) is 5.61. The zero-order valence-corrected chi connectivity index (χ0v) is 9.71. The number of ether oxygens (including phenoxy) is 1. The maximum atomic E-state index is 13.6. The number of aldehydes is 1. The minimum Gasteiger partial charge on any atom is -0.383 e. The quantitative estimate of drug-likeness (QED) is 0.782. The first-order valence-corrected chi connectivity index (χ1v) is 5.09. The van der Waals surface area contributed by atoms with Gasteiger partial charge in [-0.3, -0.25) is 4.79 Å². The summed E-state index contributed by atoms with van der Waals surface area (Å²) in [5.74, 6) is -0.412. The second-order valence-electron chi connectivity index (χ2n) is 3.81. The fourth-order valence-corrected chi connectivity index (χ4v) is 1.56. The molecule has 1 aromatic carbocycles. The van der Waals surface area contributed by atoms with E-state index in [1.54, 1.807) is 20.1 Å². The van der Waals surface area contributed by atoms with Gasteiger partial charge in [-0.2, -0.15) is 0 Å². The van der Waals surface area contributed by atoms with Gasteiger partial charge in [0.1, 0.15) is 12.1 Å². The van der Waals surface area contributed by atoms with Gasteiger partial charge in [0.25, 0.3) is 0 Å². The topological polar surface area (TPSA) is 38.3 Å². The van der Waals surface area contributed by atoms with Gasteiger partial charge < -0.3 is 10.1 Å². The largest absolute Gasteiger partial charge is 0.383 e. The number of carbonyl (C=O) groups is 1. The number of hydrogen-bond acceptors (Lipinski definition) is 3. The fraction of sp³-hybridized carbons (Fsp3) is 0.417. The maximum Gasteiger partial charge on any atom is 0.150 e. The molecule has 0 fully saturated rings. The zero-order valence-electron chi connectivity index (χ0n) is 9.71. The van der Waals surface area contributed by atoms with Crippen molar-refractivity contribution in [3.8, 4) is 0 Å². The van der Waals surface area contributed by atoms with E-state index in [4.69, 9.17) is 4.74 Å². The lowest BCUT2D eigenvalue weighted by Gasteiger charge is -2.17. The molecule has 0 heterocycles. The van der Waals surface area contributed by atoms with Gasteiger partial charge in [-0.15, -0.1) is 0 Å². The van der Waals surface area contributed by atoms with Crippen LogP contribution in [0.15, 0.2) is 12.1 Å². The summed E-state index contributed by atoms with van der Waals surface area (Å²) in [4.78, 5) is 10.5. The molecule has 0 radical (unpaired) electrons. The van der Waals surface area contributed by atoms with Gasteiger partial charge in [-0.1, -0.05) is 0 Å². The van der Waals surface area contributed by atoms with Gasteiger partial charge in [0, 0.05) is 18.7 Å². The molecule has 1 aromatic rings. The van der Waals surface area contributed by atoms with Crippen LogP contribution in [0.2, 0.25) is 0 Å². The van der Waals surface area contributed by atoms with Gasteiger partial charge >= 0.3 is 0 Å². The number of carbonyl (C=O) groups excluding carboxylic acids is 1. The number of aryl methyl sites for hydroxylation is 1. The molecule has 1 rings (SSSR count). The van der Waals surface area contributed by atoms with Crippen LogP contribution < -0.4 is 5.32 Å². The van der Waals surface area contributed by atoms with E-state index >= 15 is 0 Å². The maximum absolute atomic E-state index is 13.6. The predicted octanol–water partition coefficient (Wildman–Crippen LogP) is 2.39. The van der Waals surface area contributed by atoms with Crippen LogP contribution in [0.5, 0.6) is 0 Å². The van der Waals surface area contributed by atoms with Crippen LogP contribution in [0.4, 0.5) is 10.1 Å². The summed E-state index contributed by atoms with van der Waals surface area (Å²) in [7, 11) is 1.59. The summed E-state index contributed by atoms with van der Waals surface area (Å²) >= 11 is 0. The highest BCUT2D eigenvalue weighted by atomic mass is 19.1. The Kier molecular flexibility index (Phi) is 4.43. The van der Waals surface area contributed by atoms with Crippen LogP contribution >= 0.6 is 0 Å². The molecule has 16 heavy (non-hydrogen) atoms. The van der Waals surface area contributed by atoms with Gasteiger partial charge in [-0.25, -0.2) is 4.39 Å². The molecule has 0 saturated heterocycles. The lowest BCUT2D eigenvalue weighted by Crippen LogP contribution is -2.22. The third-order valence-corrected chi connectivity index (χ3v) is 2.25. The van der Waals surface area contributed by atoms with E-state index in [9.17, 15) is 9.18 Å². The van der Waals surface area contributed by atoms with Crippen LogP contribution in [-0.2, 0) is 4.74 Å². The van der Waals surface area contributed by atoms with Crippen molar-refractivity contribution in [1.29, 1.82) is 0 Å². The SMILES string of the molecule is COC[C@H](C)Nc1c(C)cc(C=O)cc1F. The Morgan fingerprint density at radius 1 is 1.56 bits per heavy atom. The normalized spacial score (nSPS) is 12.2. The molecule has 4 heteroatoms. The van der Waals surface area contributed by atoms with Crippen molar-refractivity contribution in [1.82, 2.24) is 0 Å². The van der Waals surface area contributed by atoms with Crippen molar-refractivity contribution in [3.05, 3.63) is 29.1 Å². The third kappa shape index (κ3) is 3.03. The highest BCUT2D eigenvalue weighted by molar-refractivity contribution is 5.77. The lowest BCUT2D eigenvalue weighted by molar-refractivity contribution is 0.112. The van der Waals surface area contributed by atoms with E-state index in [0.29, 0.717) is 29.7 Å². The predicted molar refractivity (Wildman–Crippen MR) is 61.5 cm³/mol. The van der Waals surface area contributed by atoms with Crippen LogP contribution in [0.1, 0.15) is 22.8 Å². The summed E-state index contributed by atoms with van der Waals surface area (Å²) in [6.07, 6.45) is 0.637. The number of halogens is 1. The third-order valence-electron chi connectivity index (χ3n) is 2.25. The Morgan fingerprint density at radius 3 is 2.75 bits per heavy atom. The Balaban J connectivity index is 2.92. The van der Waals surface area contributed by atoms with Crippen LogP contribution in [0, 0.1) is 12.7 Å². The smallest absolute Gasteiger partial charge is 0.150 e. The monoisotopic (exact) mass is 225 g/mol. The van der Waals surface area contributed by atoms with Crippen LogP contribution in [0.3, 0.4) is 0 Å². The molecule has 0 spiro atoms. The number of benzene rings is 1. The molecule has 0 saturated carbocycles. The first-order valence-electron chi connectivity index (χ1n) is 5.09. The second-order valence-corrected chi connectivity index (χ2v) is 3.81. The average molecular weight is 225 g/mol. The molecule has 0 amide bonds. The Morgan fingerprint density at radius 2 is 2.25 bits per heavy atom. The standard InChI is InChI=1S/C12H16FNO2/c1-8-4-10(6-15)5-11(13)12(8)14-9(2)7-16-3/h4-6,9,14H,7H2,1-3H3/t9-/m0/s1. The Bertz CT molecular complexity index is 356. The molecular weight excluding hydrogens is 209 g/mol. The van der Waals surface area contributed by atoms with Crippen molar-refractivity contribution in [3.63, 3.8) is 0 Å². The summed E-state index contributed by atoms with van der Waals surface area (Å²) in [6, 6.07) is 2.89. The van der Waals surface area contributed by atoms with Crippen LogP contribution in [-0.4, -0.2) is 26.0 Å². The highest BCUT2D eigenvalue weighted by Crippen LogP contribution is 2.21. The molecule has 0 unspecified atom stereocenters. The van der Waals surface area contributed by atoms with Gasteiger partial charge in [0.15, 0.2) is 0 Å². The van der Waals surface area contributed by atoms with Crippen molar-refractivity contribution >= 4 is 12.0 Å². The van der Waals surface area contributed by atoms with E-state index in [-0.39, 0.29) is 6.04 Å². The molecule has 0 aliphatic rings. The summed E-state index contributed by atoms with van der Waals surface area (Å²) in [5.41, 5.74) is 1.49. The fourth-order valence-electron chi connectivity index (χ4n) is 1.56. The minimum atomic E-state index is -0.412. The molecule has 1 atom stereocenters. The summed E-state index contributed by atoms with van der Waals surface area (Å²) in [5, 5.41) is 3.01. The number of anilines is 1. The number of nitrogens with one attached hydrogen (secondary N) is 1. The van der Waals surface area contributed by atoms with Gasteiger partial charge in [0.2, 0.25) is 0 Å². The van der Waals surface area contributed by atoms with E-state index in [0.717, 1.165) is 0 Å². The van der Waals surface area contributed by atoms with E-state index in [1.165, 1.54) is 6.07 Å². The Labute approximate surface area is 94.6 Å². The van der Waals surface area contributed by atoms with Crippen molar-refractivity contribution in [2.75, 3.05) is 19.0 Å². The molecule has 88 valence electrons. The average Bonchev–Trinajstić information content (AvgIpc) is 2.23. The molecule has 0 aliphatic carbocycles. The highest BCUT2D eigenvalue weighted by Gasteiger charge is 2.10. The summed E-state index contributed by atoms with van der Waals surface area (Å²) < 4.78 is 18.6. The molecule has 0 aromatic heterocycles. The van der Waals surface area contributed by atoms with Crippen molar-refractivity contribution < 1.29 is 13.9 Å². The first kappa shape index (κ1) is 12.6. The minimum absolute atomic E-state index is 0.0141.